The van der Waals surface area contributed by atoms with E-state index in [1.165, 1.54) is 0 Å². The van der Waals surface area contributed by atoms with Crippen LogP contribution in [0.25, 0.3) is 0 Å². The van der Waals surface area contributed by atoms with Crippen molar-refractivity contribution >= 4 is 44.9 Å². The van der Waals surface area contributed by atoms with E-state index in [4.69, 9.17) is 0 Å². The smallest absolute Gasteiger partial charge is 0.321 e. The maximum Gasteiger partial charge on any atom is 0.321 e. The number of nitrogens with one attached hydrogen (secondary N) is 2. The van der Waals surface area contributed by atoms with Crippen LogP contribution in [0, 0.1) is 0 Å². The molecule has 0 aliphatic carbocycles. The van der Waals surface area contributed by atoms with Gasteiger partial charge in [0.2, 0.25) is 28.2 Å². The zero-order chi connectivity index (χ0) is 31.9. The highest BCUT2D eigenvalue weighted by molar-refractivity contribution is 7.88. The number of amides is 4. The first-order chi connectivity index (χ1) is 21.4. The number of para-hydroxylation sites is 2. The zero-order valence-corrected chi connectivity index (χ0v) is 26.6. The summed E-state index contributed by atoms with van der Waals surface area (Å²) in [4.78, 5) is 43.0. The van der Waals surface area contributed by atoms with Crippen LogP contribution in [-0.2, 0) is 25.4 Å². The molecule has 2 atom stereocenters. The Morgan fingerprint density at radius 1 is 0.978 bits per heavy atom. The van der Waals surface area contributed by atoms with E-state index in [0.717, 1.165) is 30.6 Å². The number of benzene rings is 2. The number of sulfonamides is 1. The van der Waals surface area contributed by atoms with Gasteiger partial charge in [-0.1, -0.05) is 30.7 Å². The highest BCUT2D eigenvalue weighted by Gasteiger charge is 2.46. The number of rotatable bonds is 6. The predicted molar refractivity (Wildman–Crippen MR) is 171 cm³/mol. The van der Waals surface area contributed by atoms with Crippen LogP contribution in [0.1, 0.15) is 64.4 Å². The molecule has 0 spiro atoms. The van der Waals surface area contributed by atoms with E-state index in [2.05, 4.69) is 10.6 Å². The van der Waals surface area contributed by atoms with Crippen molar-refractivity contribution in [2.75, 3.05) is 34.8 Å². The van der Waals surface area contributed by atoms with Crippen LogP contribution in [0.5, 0.6) is 0 Å². The fourth-order valence-electron chi connectivity index (χ4n) is 7.28. The van der Waals surface area contributed by atoms with Crippen LogP contribution >= 0.6 is 0 Å². The Bertz CT molecular complexity index is 1570. The molecule has 45 heavy (non-hydrogen) atoms. The fraction of sp³-hybridized carbons (Fsp3) is 0.531. The number of piperidine rings is 3. The summed E-state index contributed by atoms with van der Waals surface area (Å²) in [6.45, 7) is 5.38. The van der Waals surface area contributed by atoms with Gasteiger partial charge in [0, 0.05) is 43.3 Å². The van der Waals surface area contributed by atoms with Gasteiger partial charge in [-0.3, -0.25) is 14.9 Å². The third kappa shape index (κ3) is 6.25. The fourth-order valence-corrected chi connectivity index (χ4v) is 9.29. The second kappa shape index (κ2) is 12.3. The lowest BCUT2D eigenvalue weighted by molar-refractivity contribution is -0.134. The molecule has 12 nitrogen and oxygen atoms in total. The predicted octanol–water partition coefficient (Wildman–Crippen LogP) is 3.18. The number of urea groups is 1. The number of imide groups is 1. The molecule has 2 aromatic rings. The zero-order valence-electron chi connectivity index (χ0n) is 25.8. The van der Waals surface area contributed by atoms with E-state index in [9.17, 15) is 27.9 Å². The number of fused-ring (bicyclic) bond motifs is 1. The van der Waals surface area contributed by atoms with Gasteiger partial charge in [0.15, 0.2) is 0 Å². The minimum absolute atomic E-state index is 0.0731. The van der Waals surface area contributed by atoms with Crippen molar-refractivity contribution in [2.24, 2.45) is 0 Å². The van der Waals surface area contributed by atoms with Crippen molar-refractivity contribution in [2.45, 2.75) is 88.5 Å². The van der Waals surface area contributed by atoms with Crippen LogP contribution in [0.2, 0.25) is 0 Å². The highest BCUT2D eigenvalue weighted by atomic mass is 32.2. The molecule has 0 radical (unpaired) electrons. The Labute approximate surface area is 264 Å². The average Bonchev–Trinajstić information content (AvgIpc) is 3.28. The number of aliphatic hydroxyl groups is 1. The second-order valence-electron chi connectivity index (χ2n) is 13.1. The molecule has 4 aliphatic rings. The van der Waals surface area contributed by atoms with Crippen molar-refractivity contribution in [1.29, 1.82) is 0 Å². The molecule has 6 rings (SSSR count). The lowest BCUT2D eigenvalue weighted by Crippen LogP contribution is -2.59. The van der Waals surface area contributed by atoms with E-state index in [0.29, 0.717) is 50.1 Å². The van der Waals surface area contributed by atoms with Crippen molar-refractivity contribution in [1.82, 2.24) is 14.5 Å². The number of hydrogen-bond acceptors (Lipinski definition) is 8. The van der Waals surface area contributed by atoms with Crippen molar-refractivity contribution < 1.29 is 27.9 Å². The molecule has 242 valence electrons. The van der Waals surface area contributed by atoms with Crippen LogP contribution in [0.4, 0.5) is 21.9 Å². The van der Waals surface area contributed by atoms with Gasteiger partial charge in [-0.25, -0.2) is 13.2 Å². The van der Waals surface area contributed by atoms with Gasteiger partial charge in [0.1, 0.15) is 6.04 Å². The highest BCUT2D eigenvalue weighted by Crippen LogP contribution is 2.43. The first-order valence-corrected chi connectivity index (χ1v) is 17.4. The molecule has 0 bridgehead atoms. The molecular weight excluding hydrogens is 596 g/mol. The minimum Gasteiger partial charge on any atom is -0.356 e. The summed E-state index contributed by atoms with van der Waals surface area (Å²) in [6.07, 6.45) is 3.38. The maximum absolute atomic E-state index is 13.3. The van der Waals surface area contributed by atoms with E-state index < -0.39 is 33.9 Å². The van der Waals surface area contributed by atoms with Gasteiger partial charge in [-0.05, 0) is 75.8 Å². The summed E-state index contributed by atoms with van der Waals surface area (Å²) in [7, 11) is -3.52. The number of nitrogens with zero attached hydrogens (tertiary/aromatic N) is 4. The first-order valence-electron chi connectivity index (χ1n) is 15.8. The van der Waals surface area contributed by atoms with Gasteiger partial charge in [-0.2, -0.15) is 4.31 Å². The molecule has 4 aliphatic heterocycles. The quantitative estimate of drug-likeness (QED) is 0.410. The largest absolute Gasteiger partial charge is 0.356 e. The maximum atomic E-state index is 13.3. The van der Waals surface area contributed by atoms with E-state index >= 15 is 0 Å². The molecule has 4 amide bonds. The van der Waals surface area contributed by atoms with Gasteiger partial charge in [0.05, 0.1) is 17.1 Å². The van der Waals surface area contributed by atoms with Gasteiger partial charge in [0.25, 0.3) is 0 Å². The average molecular weight is 639 g/mol. The Hall–Kier alpha value is -3.68. The Morgan fingerprint density at radius 2 is 1.69 bits per heavy atom. The molecule has 0 saturated carbocycles. The third-order valence-electron chi connectivity index (χ3n) is 9.56. The minimum atomic E-state index is -3.52. The van der Waals surface area contributed by atoms with Crippen molar-refractivity contribution in [3.05, 3.63) is 54.1 Å². The van der Waals surface area contributed by atoms with Crippen LogP contribution in [0.3, 0.4) is 0 Å². The SMILES string of the molecule is CC1(C)CCCCN1S(=O)(=O)Cc1cccc(NC(=O)N2CCC(N3c4ccccc4N(C4CCC(=O)NC4=O)C3O)CC2)c1. The molecular formula is C32H42N6O6S. The lowest BCUT2D eigenvalue weighted by atomic mass is 9.93. The molecule has 0 aromatic heterocycles. The Kier molecular flexibility index (Phi) is 8.53. The number of likely N-dealkylation sites (tertiary alicyclic amines) is 1. The monoisotopic (exact) mass is 638 g/mol. The number of hydrogen-bond donors (Lipinski definition) is 3. The van der Waals surface area contributed by atoms with Crippen molar-refractivity contribution in [3.63, 3.8) is 0 Å². The Morgan fingerprint density at radius 3 is 2.38 bits per heavy atom. The van der Waals surface area contributed by atoms with E-state index in [-0.39, 0.29) is 30.2 Å². The van der Waals surface area contributed by atoms with Gasteiger partial charge >= 0.3 is 6.03 Å². The normalized spacial score (nSPS) is 24.4. The summed E-state index contributed by atoms with van der Waals surface area (Å²) in [5, 5.41) is 16.8. The van der Waals surface area contributed by atoms with Crippen LogP contribution < -0.4 is 20.4 Å². The topological polar surface area (TPSA) is 143 Å². The van der Waals surface area contributed by atoms with E-state index in [1.807, 2.05) is 43.0 Å². The summed E-state index contributed by atoms with van der Waals surface area (Å²) in [5.74, 6) is -0.842. The molecule has 2 unspecified atom stereocenters. The summed E-state index contributed by atoms with van der Waals surface area (Å²) >= 11 is 0. The van der Waals surface area contributed by atoms with Gasteiger partial charge < -0.3 is 25.1 Å². The second-order valence-corrected chi connectivity index (χ2v) is 15.0. The van der Waals surface area contributed by atoms with Crippen LogP contribution in [0.15, 0.2) is 48.5 Å². The standard InChI is InChI=1S/C32H42N6O6S/c1-32(2)16-5-6-17-36(32)45(43,44)21-22-8-7-9-23(20-22)33-30(41)35-18-14-24(15-19-35)37-25-10-3-4-11-26(25)38(31(37)42)27-12-13-28(39)34-29(27)40/h3-4,7-11,20,24,27,31,42H,5-6,12-19,21H2,1-2H3,(H,33,41)(H,34,39,40). The number of aliphatic hydroxyl groups excluding tert-OH is 1. The van der Waals surface area contributed by atoms with Crippen LogP contribution in [-0.4, -0.2) is 84.2 Å². The Balaban J connectivity index is 1.08. The van der Waals surface area contributed by atoms with Crippen molar-refractivity contribution in [3.8, 4) is 0 Å². The number of carbonyl (C=O) groups is 3. The third-order valence-corrected chi connectivity index (χ3v) is 11.6. The lowest BCUT2D eigenvalue weighted by Gasteiger charge is -2.41. The molecule has 13 heteroatoms. The number of carbonyl (C=O) groups excluding carboxylic acids is 3. The summed E-state index contributed by atoms with van der Waals surface area (Å²) in [6, 6.07) is 13.6. The molecule has 2 aromatic carbocycles. The molecule has 4 heterocycles. The molecule has 3 saturated heterocycles. The summed E-state index contributed by atoms with van der Waals surface area (Å²) < 4.78 is 28.2. The summed E-state index contributed by atoms with van der Waals surface area (Å²) in [5.41, 5.74) is 2.31. The molecule has 3 fully saturated rings. The number of anilines is 3. The molecule has 3 N–H and O–H groups in total. The first kappa shape index (κ1) is 31.3. The van der Waals surface area contributed by atoms with Gasteiger partial charge in [-0.15, -0.1) is 0 Å². The van der Waals surface area contributed by atoms with E-state index in [1.54, 1.807) is 38.4 Å².